The Bertz CT molecular complexity index is 503. The van der Waals surface area contributed by atoms with Crippen LogP contribution < -0.4 is 5.32 Å². The number of nitrogens with one attached hydrogen (secondary N) is 1. The number of nitrogens with zero attached hydrogens (tertiary/aromatic N) is 1. The van der Waals surface area contributed by atoms with Crippen LogP contribution in [0.4, 0.5) is 18.9 Å². The lowest BCUT2D eigenvalue weighted by molar-refractivity contribution is -0.138. The number of carboxylic acids is 1. The van der Waals surface area contributed by atoms with E-state index in [9.17, 15) is 22.8 Å². The Labute approximate surface area is 113 Å². The molecule has 0 aliphatic carbocycles. The van der Waals surface area contributed by atoms with Crippen LogP contribution in [0.1, 0.15) is 5.56 Å². The van der Waals surface area contributed by atoms with Crippen molar-refractivity contribution < 1.29 is 27.9 Å². The molecule has 5 nitrogen and oxygen atoms in total. The second-order valence-electron chi connectivity index (χ2n) is 4.16. The zero-order valence-corrected chi connectivity index (χ0v) is 10.6. The lowest BCUT2D eigenvalue weighted by Gasteiger charge is -2.16. The normalized spacial score (nSPS) is 11.4. The Morgan fingerprint density at radius 2 is 1.85 bits per heavy atom. The van der Waals surface area contributed by atoms with Crippen molar-refractivity contribution in [2.24, 2.45) is 0 Å². The number of halogens is 3. The average Bonchev–Trinajstić information content (AvgIpc) is 2.26. The second-order valence-corrected chi connectivity index (χ2v) is 4.16. The van der Waals surface area contributed by atoms with Crippen molar-refractivity contribution >= 4 is 17.6 Å². The van der Waals surface area contributed by atoms with Crippen LogP contribution in [0.3, 0.4) is 0 Å². The van der Waals surface area contributed by atoms with E-state index in [4.69, 9.17) is 5.11 Å². The topological polar surface area (TPSA) is 69.6 Å². The van der Waals surface area contributed by atoms with Gasteiger partial charge in [-0.2, -0.15) is 13.2 Å². The molecule has 1 rings (SSSR count). The molecule has 0 aromatic heterocycles. The summed E-state index contributed by atoms with van der Waals surface area (Å²) in [5.74, 6) is -1.85. The summed E-state index contributed by atoms with van der Waals surface area (Å²) in [6, 6.07) is 4.58. The first kappa shape index (κ1) is 16.0. The van der Waals surface area contributed by atoms with E-state index < -0.39 is 23.6 Å². The molecule has 110 valence electrons. The van der Waals surface area contributed by atoms with Crippen LogP contribution in [-0.4, -0.2) is 42.0 Å². The summed E-state index contributed by atoms with van der Waals surface area (Å²) in [5, 5.41) is 10.6. The predicted octanol–water partition coefficient (Wildman–Crippen LogP) is 1.66. The monoisotopic (exact) mass is 290 g/mol. The van der Waals surface area contributed by atoms with Crippen LogP contribution >= 0.6 is 0 Å². The van der Waals surface area contributed by atoms with Crippen LogP contribution in [0.2, 0.25) is 0 Å². The van der Waals surface area contributed by atoms with Gasteiger partial charge in [-0.3, -0.25) is 14.5 Å². The molecule has 0 bridgehead atoms. The van der Waals surface area contributed by atoms with Gasteiger partial charge in [0.1, 0.15) is 0 Å². The van der Waals surface area contributed by atoms with E-state index in [1.165, 1.54) is 24.1 Å². The number of hydrogen-bond acceptors (Lipinski definition) is 3. The van der Waals surface area contributed by atoms with Gasteiger partial charge in [0.25, 0.3) is 0 Å². The van der Waals surface area contributed by atoms with Gasteiger partial charge in [0.05, 0.1) is 24.3 Å². The van der Waals surface area contributed by atoms with Gasteiger partial charge in [-0.05, 0) is 19.2 Å². The van der Waals surface area contributed by atoms with Gasteiger partial charge in [-0.1, -0.05) is 12.1 Å². The highest BCUT2D eigenvalue weighted by Crippen LogP contribution is 2.34. The lowest BCUT2D eigenvalue weighted by Crippen LogP contribution is -2.34. The summed E-state index contributed by atoms with van der Waals surface area (Å²) in [6.07, 6.45) is -4.57. The summed E-state index contributed by atoms with van der Waals surface area (Å²) >= 11 is 0. The fourth-order valence-corrected chi connectivity index (χ4v) is 1.56. The van der Waals surface area contributed by atoms with Gasteiger partial charge in [-0.25, -0.2) is 0 Å². The number of rotatable bonds is 5. The number of para-hydroxylation sites is 1. The minimum atomic E-state index is -4.57. The van der Waals surface area contributed by atoms with Crippen LogP contribution in [0.25, 0.3) is 0 Å². The Morgan fingerprint density at radius 1 is 1.25 bits per heavy atom. The molecule has 1 aromatic rings. The van der Waals surface area contributed by atoms with Crippen molar-refractivity contribution in [3.63, 3.8) is 0 Å². The third-order valence-electron chi connectivity index (χ3n) is 2.33. The third kappa shape index (κ3) is 4.88. The summed E-state index contributed by atoms with van der Waals surface area (Å²) in [6.45, 7) is -0.702. The first-order chi connectivity index (χ1) is 9.20. The largest absolute Gasteiger partial charge is 0.480 e. The molecule has 0 saturated heterocycles. The zero-order valence-electron chi connectivity index (χ0n) is 10.6. The van der Waals surface area contributed by atoms with Gasteiger partial charge < -0.3 is 10.4 Å². The molecule has 0 fully saturated rings. The molecule has 2 N–H and O–H groups in total. The molecule has 1 aromatic carbocycles. The SMILES string of the molecule is CN(CC(=O)O)CC(=O)Nc1ccccc1C(F)(F)F. The standard InChI is InChI=1S/C12H13F3N2O3/c1-17(7-11(19)20)6-10(18)16-9-5-3-2-4-8(9)12(13,14)15/h2-5H,6-7H2,1H3,(H,16,18)(H,19,20). The number of carbonyl (C=O) groups excluding carboxylic acids is 1. The Morgan fingerprint density at radius 3 is 2.40 bits per heavy atom. The fourth-order valence-electron chi connectivity index (χ4n) is 1.56. The van der Waals surface area contributed by atoms with Crippen molar-refractivity contribution in [1.29, 1.82) is 0 Å². The van der Waals surface area contributed by atoms with Crippen LogP contribution in [0, 0.1) is 0 Å². The molecule has 1 amide bonds. The van der Waals surface area contributed by atoms with E-state index in [1.54, 1.807) is 0 Å². The summed E-state index contributed by atoms with van der Waals surface area (Å²) in [5.41, 5.74) is -1.30. The number of anilines is 1. The zero-order chi connectivity index (χ0) is 15.3. The minimum Gasteiger partial charge on any atom is -0.480 e. The van der Waals surface area contributed by atoms with E-state index in [2.05, 4.69) is 5.32 Å². The number of hydrogen-bond donors (Lipinski definition) is 2. The summed E-state index contributed by atoms with van der Waals surface area (Å²) in [7, 11) is 1.38. The number of carbonyl (C=O) groups is 2. The van der Waals surface area contributed by atoms with Crippen LogP contribution in [0.5, 0.6) is 0 Å². The van der Waals surface area contributed by atoms with E-state index in [0.717, 1.165) is 12.1 Å². The molecule has 20 heavy (non-hydrogen) atoms. The minimum absolute atomic E-state index is 0.321. The van der Waals surface area contributed by atoms with Crippen LogP contribution in [0.15, 0.2) is 24.3 Å². The molecule has 0 aliphatic rings. The van der Waals surface area contributed by atoms with Gasteiger partial charge in [0.15, 0.2) is 0 Å². The first-order valence-electron chi connectivity index (χ1n) is 5.56. The maximum Gasteiger partial charge on any atom is 0.418 e. The smallest absolute Gasteiger partial charge is 0.418 e. The van der Waals surface area contributed by atoms with Gasteiger partial charge in [-0.15, -0.1) is 0 Å². The van der Waals surface area contributed by atoms with E-state index in [-0.39, 0.29) is 18.8 Å². The first-order valence-corrected chi connectivity index (χ1v) is 5.56. The number of amides is 1. The average molecular weight is 290 g/mol. The van der Waals surface area contributed by atoms with Gasteiger partial charge in [0, 0.05) is 0 Å². The number of aliphatic carboxylic acids is 1. The summed E-state index contributed by atoms with van der Waals surface area (Å²) < 4.78 is 38.1. The summed E-state index contributed by atoms with van der Waals surface area (Å²) in [4.78, 5) is 23.2. The molecule has 0 unspecified atom stereocenters. The lowest BCUT2D eigenvalue weighted by atomic mass is 10.1. The molecule has 8 heteroatoms. The van der Waals surface area contributed by atoms with Crippen molar-refractivity contribution in [1.82, 2.24) is 4.90 Å². The number of alkyl halides is 3. The molecule has 0 saturated carbocycles. The van der Waals surface area contributed by atoms with E-state index >= 15 is 0 Å². The molecule has 0 heterocycles. The maximum absolute atomic E-state index is 12.7. The highest BCUT2D eigenvalue weighted by atomic mass is 19.4. The molecule has 0 spiro atoms. The predicted molar refractivity (Wildman–Crippen MR) is 65.2 cm³/mol. The number of carboxylic acid groups (broad SMARTS) is 1. The molecular formula is C12H13F3N2O3. The van der Waals surface area contributed by atoms with Gasteiger partial charge >= 0.3 is 12.1 Å². The molecule has 0 atom stereocenters. The van der Waals surface area contributed by atoms with Gasteiger partial charge in [0.2, 0.25) is 5.91 Å². The van der Waals surface area contributed by atoms with Crippen molar-refractivity contribution in [3.8, 4) is 0 Å². The Hall–Kier alpha value is -2.09. The number of benzene rings is 1. The van der Waals surface area contributed by atoms with Crippen molar-refractivity contribution in [3.05, 3.63) is 29.8 Å². The quantitative estimate of drug-likeness (QED) is 0.865. The Balaban J connectivity index is 2.74. The van der Waals surface area contributed by atoms with Crippen molar-refractivity contribution in [2.75, 3.05) is 25.5 Å². The molecular weight excluding hydrogens is 277 g/mol. The molecule has 0 aliphatic heterocycles. The van der Waals surface area contributed by atoms with Crippen molar-refractivity contribution in [2.45, 2.75) is 6.18 Å². The highest BCUT2D eigenvalue weighted by molar-refractivity contribution is 5.93. The highest BCUT2D eigenvalue weighted by Gasteiger charge is 2.33. The van der Waals surface area contributed by atoms with Crippen LogP contribution in [-0.2, 0) is 15.8 Å². The maximum atomic E-state index is 12.7. The van der Waals surface area contributed by atoms with E-state index in [1.807, 2.05) is 0 Å². The molecule has 0 radical (unpaired) electrons. The van der Waals surface area contributed by atoms with E-state index in [0.29, 0.717) is 0 Å². The second kappa shape index (κ2) is 6.38. The third-order valence-corrected chi connectivity index (χ3v) is 2.33. The Kier molecular flexibility index (Phi) is 5.09. The fraction of sp³-hybridized carbons (Fsp3) is 0.333. The number of likely N-dealkylation sites (N-methyl/N-ethyl adjacent to an activating group) is 1.